The predicted molar refractivity (Wildman–Crippen MR) is 90.1 cm³/mol. The molecule has 0 radical (unpaired) electrons. The van der Waals surface area contributed by atoms with E-state index in [1.165, 1.54) is 5.56 Å². The van der Waals surface area contributed by atoms with Crippen molar-refractivity contribution in [1.29, 1.82) is 0 Å². The lowest BCUT2D eigenvalue weighted by atomic mass is 9.91. The Kier molecular flexibility index (Phi) is 3.75. The Labute approximate surface area is 140 Å². The SMILES string of the molecule is Cn1cc(C2CCN(C(=O)c3ccc(C4CC4)[nH]c3=O)CC2)cn1. The smallest absolute Gasteiger partial charge is 0.261 e. The van der Waals surface area contributed by atoms with Crippen molar-refractivity contribution in [3.63, 3.8) is 0 Å². The van der Waals surface area contributed by atoms with Crippen LogP contribution in [-0.4, -0.2) is 38.7 Å². The molecule has 6 nitrogen and oxygen atoms in total. The second-order valence-corrected chi connectivity index (χ2v) is 6.94. The van der Waals surface area contributed by atoms with Crippen molar-refractivity contribution >= 4 is 5.91 Å². The number of amides is 1. The summed E-state index contributed by atoms with van der Waals surface area (Å²) < 4.78 is 1.81. The number of rotatable bonds is 3. The molecule has 0 bridgehead atoms. The van der Waals surface area contributed by atoms with Gasteiger partial charge in [-0.15, -0.1) is 0 Å². The maximum Gasteiger partial charge on any atom is 0.261 e. The van der Waals surface area contributed by atoms with Crippen LogP contribution in [0.1, 0.15) is 59.1 Å². The first-order valence-corrected chi connectivity index (χ1v) is 8.63. The number of hydrogen-bond acceptors (Lipinski definition) is 3. The van der Waals surface area contributed by atoms with Crippen molar-refractivity contribution in [1.82, 2.24) is 19.7 Å². The third-order valence-corrected chi connectivity index (χ3v) is 5.16. The highest BCUT2D eigenvalue weighted by Crippen LogP contribution is 2.38. The van der Waals surface area contributed by atoms with E-state index in [9.17, 15) is 9.59 Å². The predicted octanol–water partition coefficient (Wildman–Crippen LogP) is 2.01. The monoisotopic (exact) mass is 326 g/mol. The van der Waals surface area contributed by atoms with Crippen LogP contribution in [0.15, 0.2) is 29.3 Å². The minimum absolute atomic E-state index is 0.150. The Hall–Kier alpha value is -2.37. The summed E-state index contributed by atoms with van der Waals surface area (Å²) in [5.41, 5.74) is 2.21. The summed E-state index contributed by atoms with van der Waals surface area (Å²) >= 11 is 0. The number of piperidine rings is 1. The highest BCUT2D eigenvalue weighted by atomic mass is 16.2. The summed E-state index contributed by atoms with van der Waals surface area (Å²) in [7, 11) is 1.92. The lowest BCUT2D eigenvalue weighted by Crippen LogP contribution is -2.40. The average molecular weight is 326 g/mol. The molecule has 2 fully saturated rings. The molecule has 126 valence electrons. The summed E-state index contributed by atoms with van der Waals surface area (Å²) in [6, 6.07) is 3.59. The minimum Gasteiger partial charge on any atom is -0.338 e. The lowest BCUT2D eigenvalue weighted by Gasteiger charge is -2.31. The summed E-state index contributed by atoms with van der Waals surface area (Å²) in [5, 5.41) is 4.22. The number of nitrogens with zero attached hydrogens (tertiary/aromatic N) is 3. The number of pyridine rings is 1. The van der Waals surface area contributed by atoms with E-state index in [2.05, 4.69) is 10.1 Å². The Morgan fingerprint density at radius 1 is 1.17 bits per heavy atom. The fourth-order valence-corrected chi connectivity index (χ4v) is 3.53. The molecule has 1 amide bonds. The number of likely N-dealkylation sites (tertiary alicyclic amines) is 1. The third-order valence-electron chi connectivity index (χ3n) is 5.16. The number of hydrogen-bond donors (Lipinski definition) is 1. The van der Waals surface area contributed by atoms with Gasteiger partial charge in [-0.2, -0.15) is 5.10 Å². The van der Waals surface area contributed by atoms with E-state index in [-0.39, 0.29) is 17.0 Å². The van der Waals surface area contributed by atoms with Gasteiger partial charge in [0.05, 0.1) is 6.20 Å². The fourth-order valence-electron chi connectivity index (χ4n) is 3.53. The number of carbonyl (C=O) groups is 1. The molecule has 24 heavy (non-hydrogen) atoms. The number of aromatic nitrogens is 3. The van der Waals surface area contributed by atoms with Gasteiger partial charge >= 0.3 is 0 Å². The zero-order valence-electron chi connectivity index (χ0n) is 13.9. The summed E-state index contributed by atoms with van der Waals surface area (Å²) in [6.45, 7) is 1.37. The molecule has 4 rings (SSSR count). The average Bonchev–Trinajstić information content (AvgIpc) is 3.36. The number of aryl methyl sites for hydroxylation is 1. The molecule has 2 aromatic heterocycles. The van der Waals surface area contributed by atoms with E-state index in [4.69, 9.17) is 0 Å². The molecule has 1 aliphatic heterocycles. The molecule has 0 aromatic carbocycles. The van der Waals surface area contributed by atoms with Crippen molar-refractivity contribution in [2.75, 3.05) is 13.1 Å². The molecule has 0 atom stereocenters. The van der Waals surface area contributed by atoms with Crippen molar-refractivity contribution in [2.24, 2.45) is 7.05 Å². The first-order chi connectivity index (χ1) is 11.6. The van der Waals surface area contributed by atoms with E-state index in [0.717, 1.165) is 31.4 Å². The lowest BCUT2D eigenvalue weighted by molar-refractivity contribution is 0.0711. The minimum atomic E-state index is -0.251. The summed E-state index contributed by atoms with van der Waals surface area (Å²) in [5.74, 6) is 0.776. The fraction of sp³-hybridized carbons (Fsp3) is 0.500. The molecular formula is C18H22N4O2. The Morgan fingerprint density at radius 2 is 1.92 bits per heavy atom. The van der Waals surface area contributed by atoms with Gasteiger partial charge in [0.1, 0.15) is 5.56 Å². The molecule has 2 aliphatic rings. The Bertz CT molecular complexity index is 810. The van der Waals surface area contributed by atoms with Crippen LogP contribution < -0.4 is 5.56 Å². The van der Waals surface area contributed by atoms with E-state index in [0.29, 0.717) is 24.9 Å². The zero-order valence-corrected chi connectivity index (χ0v) is 13.9. The standard InChI is InChI=1S/C18H22N4O2/c1-21-11-14(10-19-21)12-6-8-22(9-7-12)18(24)15-4-5-16(13-2-3-13)20-17(15)23/h4-5,10-13H,2-3,6-9H2,1H3,(H,20,23). The normalized spacial score (nSPS) is 18.8. The first kappa shape index (κ1) is 15.2. The topological polar surface area (TPSA) is 71.0 Å². The molecule has 0 unspecified atom stereocenters. The zero-order chi connectivity index (χ0) is 16.7. The quantitative estimate of drug-likeness (QED) is 0.938. The van der Waals surface area contributed by atoms with Crippen molar-refractivity contribution in [2.45, 2.75) is 37.5 Å². The van der Waals surface area contributed by atoms with Gasteiger partial charge in [0.2, 0.25) is 0 Å². The molecule has 0 spiro atoms. The van der Waals surface area contributed by atoms with Gasteiger partial charge in [0, 0.05) is 32.0 Å². The van der Waals surface area contributed by atoms with E-state index < -0.39 is 0 Å². The molecule has 1 saturated heterocycles. The maximum absolute atomic E-state index is 12.7. The molecule has 1 N–H and O–H groups in total. The second-order valence-electron chi connectivity index (χ2n) is 6.94. The van der Waals surface area contributed by atoms with Crippen LogP contribution in [0.5, 0.6) is 0 Å². The number of H-pyrrole nitrogens is 1. The molecule has 3 heterocycles. The van der Waals surface area contributed by atoms with Crippen molar-refractivity contribution in [3.8, 4) is 0 Å². The van der Waals surface area contributed by atoms with Gasteiger partial charge < -0.3 is 9.88 Å². The summed E-state index contributed by atoms with van der Waals surface area (Å²) in [4.78, 5) is 29.6. The molecule has 1 saturated carbocycles. The second kappa shape index (κ2) is 5.92. The van der Waals surface area contributed by atoms with E-state index >= 15 is 0 Å². The third kappa shape index (κ3) is 2.88. The number of carbonyl (C=O) groups excluding carboxylic acids is 1. The Balaban J connectivity index is 1.43. The largest absolute Gasteiger partial charge is 0.338 e. The highest BCUT2D eigenvalue weighted by molar-refractivity contribution is 5.93. The van der Waals surface area contributed by atoms with Gasteiger partial charge in [-0.25, -0.2) is 0 Å². The van der Waals surface area contributed by atoms with Crippen LogP contribution >= 0.6 is 0 Å². The van der Waals surface area contributed by atoms with Crippen molar-refractivity contribution < 1.29 is 4.79 Å². The van der Waals surface area contributed by atoms with Gasteiger partial charge in [0.25, 0.3) is 11.5 Å². The summed E-state index contributed by atoms with van der Waals surface area (Å²) in [6.07, 6.45) is 8.04. The number of aromatic amines is 1. The Morgan fingerprint density at radius 3 is 2.50 bits per heavy atom. The van der Waals surface area contributed by atoms with Gasteiger partial charge in [0.15, 0.2) is 0 Å². The van der Waals surface area contributed by atoms with Crippen molar-refractivity contribution in [3.05, 3.63) is 51.7 Å². The van der Waals surface area contributed by atoms with Crippen LogP contribution in [0, 0.1) is 0 Å². The first-order valence-electron chi connectivity index (χ1n) is 8.63. The van der Waals surface area contributed by atoms with Crippen LogP contribution in [0.25, 0.3) is 0 Å². The molecule has 2 aromatic rings. The molecule has 6 heteroatoms. The van der Waals surface area contributed by atoms with Crippen LogP contribution in [0.2, 0.25) is 0 Å². The number of nitrogens with one attached hydrogen (secondary N) is 1. The van der Waals surface area contributed by atoms with Gasteiger partial charge in [-0.3, -0.25) is 14.3 Å². The molecule has 1 aliphatic carbocycles. The maximum atomic E-state index is 12.7. The van der Waals surface area contributed by atoms with Gasteiger partial charge in [-0.1, -0.05) is 0 Å². The highest BCUT2D eigenvalue weighted by Gasteiger charge is 2.28. The molecular weight excluding hydrogens is 304 g/mol. The van der Waals surface area contributed by atoms with Crippen LogP contribution in [0.4, 0.5) is 0 Å². The van der Waals surface area contributed by atoms with E-state index in [1.54, 1.807) is 11.0 Å². The van der Waals surface area contributed by atoms with Crippen LogP contribution in [0.3, 0.4) is 0 Å². The van der Waals surface area contributed by atoms with E-state index in [1.807, 2.05) is 30.2 Å². The van der Waals surface area contributed by atoms with Crippen LogP contribution in [-0.2, 0) is 7.05 Å². The van der Waals surface area contributed by atoms with Gasteiger partial charge in [-0.05, 0) is 55.2 Å².